The van der Waals surface area contributed by atoms with Crippen molar-refractivity contribution in [3.05, 3.63) is 102 Å². The number of benzene rings is 1. The first-order valence-electron chi connectivity index (χ1n) is 11.4. The number of fused-ring (bicyclic) bond motifs is 2. The number of hydrogen-bond acceptors (Lipinski definition) is 6. The summed E-state index contributed by atoms with van der Waals surface area (Å²) in [7, 11) is 0. The summed E-state index contributed by atoms with van der Waals surface area (Å²) in [5.74, 6) is 0.857. The Morgan fingerprint density at radius 1 is 0.941 bits per heavy atom. The van der Waals surface area contributed by atoms with Crippen LogP contribution in [0.3, 0.4) is 0 Å². The van der Waals surface area contributed by atoms with E-state index in [-0.39, 0.29) is 5.56 Å². The molecule has 0 saturated carbocycles. The molecule has 5 rings (SSSR count). The zero-order valence-electron chi connectivity index (χ0n) is 18.8. The van der Waals surface area contributed by atoms with Gasteiger partial charge in [0.15, 0.2) is 5.58 Å². The van der Waals surface area contributed by atoms with Crippen LogP contribution in [0, 0.1) is 0 Å². The lowest BCUT2D eigenvalue weighted by atomic mass is 10.2. The number of hydrogen-bond donors (Lipinski definition) is 0. The second-order valence-corrected chi connectivity index (χ2v) is 8.24. The second-order valence-electron chi connectivity index (χ2n) is 8.24. The SMILES string of the molecule is O=c1c2occc2ccn1CCN(CCCOc1ccc2cnccc2c1)Cc1cccnc1. The molecule has 0 saturated heterocycles. The Balaban J connectivity index is 1.21. The number of nitrogens with zero attached hydrogens (tertiary/aromatic N) is 4. The largest absolute Gasteiger partial charge is 0.494 e. The van der Waals surface area contributed by atoms with Gasteiger partial charge < -0.3 is 13.7 Å². The molecule has 7 nitrogen and oxygen atoms in total. The molecule has 4 aromatic heterocycles. The molecule has 4 heterocycles. The van der Waals surface area contributed by atoms with Gasteiger partial charge in [0.05, 0.1) is 12.9 Å². The lowest BCUT2D eigenvalue weighted by molar-refractivity contribution is 0.221. The Labute approximate surface area is 197 Å². The van der Waals surface area contributed by atoms with Crippen molar-refractivity contribution in [2.24, 2.45) is 0 Å². The van der Waals surface area contributed by atoms with E-state index in [0.29, 0.717) is 18.7 Å². The highest BCUT2D eigenvalue weighted by Crippen LogP contribution is 2.20. The molecule has 0 atom stereocenters. The van der Waals surface area contributed by atoms with Gasteiger partial charge in [0.25, 0.3) is 5.56 Å². The Kier molecular flexibility index (Phi) is 6.63. The summed E-state index contributed by atoms with van der Waals surface area (Å²) >= 11 is 0. The predicted molar refractivity (Wildman–Crippen MR) is 132 cm³/mol. The first kappa shape index (κ1) is 21.9. The summed E-state index contributed by atoms with van der Waals surface area (Å²) in [6.45, 7) is 3.51. The van der Waals surface area contributed by atoms with Crippen molar-refractivity contribution >= 4 is 21.7 Å². The van der Waals surface area contributed by atoms with Crippen LogP contribution in [0.4, 0.5) is 0 Å². The normalized spacial score (nSPS) is 11.4. The summed E-state index contributed by atoms with van der Waals surface area (Å²) < 4.78 is 13.1. The summed E-state index contributed by atoms with van der Waals surface area (Å²) in [5, 5.41) is 3.04. The van der Waals surface area contributed by atoms with E-state index in [0.717, 1.165) is 53.5 Å². The van der Waals surface area contributed by atoms with Gasteiger partial charge in [0.1, 0.15) is 5.75 Å². The summed E-state index contributed by atoms with van der Waals surface area (Å²) in [6, 6.07) is 15.8. The van der Waals surface area contributed by atoms with Crippen molar-refractivity contribution in [1.82, 2.24) is 19.4 Å². The number of pyridine rings is 3. The van der Waals surface area contributed by atoms with Crippen LogP contribution in [-0.4, -0.2) is 39.1 Å². The minimum Gasteiger partial charge on any atom is -0.494 e. The van der Waals surface area contributed by atoms with E-state index in [1.165, 1.54) is 0 Å². The summed E-state index contributed by atoms with van der Waals surface area (Å²) in [6.07, 6.45) is 11.6. The van der Waals surface area contributed by atoms with E-state index in [1.807, 2.05) is 61.1 Å². The zero-order chi connectivity index (χ0) is 23.2. The van der Waals surface area contributed by atoms with E-state index in [9.17, 15) is 4.79 Å². The predicted octanol–water partition coefficient (Wildman–Crippen LogP) is 4.51. The fourth-order valence-corrected chi connectivity index (χ4v) is 4.07. The van der Waals surface area contributed by atoms with E-state index in [4.69, 9.17) is 9.15 Å². The van der Waals surface area contributed by atoms with Crippen LogP contribution in [0.15, 0.2) is 95.0 Å². The molecule has 5 aromatic rings. The van der Waals surface area contributed by atoms with Crippen molar-refractivity contribution in [3.8, 4) is 5.75 Å². The van der Waals surface area contributed by atoms with Gasteiger partial charge in [-0.2, -0.15) is 0 Å². The second kappa shape index (κ2) is 10.3. The minimum atomic E-state index is -0.0985. The van der Waals surface area contributed by atoms with Crippen LogP contribution >= 0.6 is 0 Å². The molecular formula is C27H26N4O3. The molecule has 1 aromatic carbocycles. The van der Waals surface area contributed by atoms with Gasteiger partial charge in [-0.05, 0) is 59.8 Å². The Morgan fingerprint density at radius 3 is 2.79 bits per heavy atom. The fraction of sp³-hybridized carbons (Fsp3) is 0.222. The third kappa shape index (κ3) is 5.15. The highest BCUT2D eigenvalue weighted by Gasteiger charge is 2.10. The van der Waals surface area contributed by atoms with Crippen molar-refractivity contribution in [3.63, 3.8) is 0 Å². The van der Waals surface area contributed by atoms with Crippen LogP contribution in [0.25, 0.3) is 21.7 Å². The smallest absolute Gasteiger partial charge is 0.294 e. The number of rotatable bonds is 10. The molecule has 0 fully saturated rings. The fourth-order valence-electron chi connectivity index (χ4n) is 4.07. The molecule has 0 bridgehead atoms. The molecule has 0 aliphatic carbocycles. The monoisotopic (exact) mass is 454 g/mol. The molecule has 7 heteroatoms. The van der Waals surface area contributed by atoms with Crippen LogP contribution in [0.5, 0.6) is 5.75 Å². The van der Waals surface area contributed by atoms with Gasteiger partial charge in [-0.15, -0.1) is 0 Å². The van der Waals surface area contributed by atoms with Gasteiger partial charge in [0.2, 0.25) is 0 Å². The molecule has 0 spiro atoms. The summed E-state index contributed by atoms with van der Waals surface area (Å²) in [5.41, 5.74) is 1.44. The molecule has 0 aliphatic rings. The third-order valence-corrected chi connectivity index (χ3v) is 5.87. The number of ether oxygens (including phenoxy) is 1. The lowest BCUT2D eigenvalue weighted by Gasteiger charge is -2.23. The maximum atomic E-state index is 12.7. The first-order valence-corrected chi connectivity index (χ1v) is 11.4. The average molecular weight is 455 g/mol. The van der Waals surface area contributed by atoms with E-state index in [2.05, 4.69) is 20.9 Å². The maximum absolute atomic E-state index is 12.7. The molecular weight excluding hydrogens is 428 g/mol. The quantitative estimate of drug-likeness (QED) is 0.289. The molecule has 172 valence electrons. The Hall–Kier alpha value is -3.97. The highest BCUT2D eigenvalue weighted by molar-refractivity contribution is 5.82. The van der Waals surface area contributed by atoms with Gasteiger partial charge in [0, 0.05) is 67.9 Å². The lowest BCUT2D eigenvalue weighted by Crippen LogP contribution is -2.32. The van der Waals surface area contributed by atoms with Crippen LogP contribution in [0.2, 0.25) is 0 Å². The van der Waals surface area contributed by atoms with Gasteiger partial charge in [-0.25, -0.2) is 0 Å². The molecule has 0 amide bonds. The number of aromatic nitrogens is 3. The first-order chi connectivity index (χ1) is 16.8. The average Bonchev–Trinajstić information content (AvgIpc) is 3.36. The van der Waals surface area contributed by atoms with Crippen LogP contribution < -0.4 is 10.3 Å². The van der Waals surface area contributed by atoms with Gasteiger partial charge in [-0.1, -0.05) is 6.07 Å². The Bertz CT molecular complexity index is 1430. The van der Waals surface area contributed by atoms with Crippen molar-refractivity contribution in [2.45, 2.75) is 19.5 Å². The van der Waals surface area contributed by atoms with Crippen molar-refractivity contribution < 1.29 is 9.15 Å². The van der Waals surface area contributed by atoms with Gasteiger partial charge in [-0.3, -0.25) is 19.7 Å². The zero-order valence-corrected chi connectivity index (χ0v) is 18.8. The van der Waals surface area contributed by atoms with Crippen molar-refractivity contribution in [1.29, 1.82) is 0 Å². The van der Waals surface area contributed by atoms with Crippen LogP contribution in [0.1, 0.15) is 12.0 Å². The topological polar surface area (TPSA) is 73.4 Å². The maximum Gasteiger partial charge on any atom is 0.294 e. The Morgan fingerprint density at radius 2 is 1.88 bits per heavy atom. The molecule has 34 heavy (non-hydrogen) atoms. The van der Waals surface area contributed by atoms with E-state index in [1.54, 1.807) is 23.2 Å². The highest BCUT2D eigenvalue weighted by atomic mass is 16.5. The third-order valence-electron chi connectivity index (χ3n) is 5.87. The van der Waals surface area contributed by atoms with Gasteiger partial charge >= 0.3 is 0 Å². The number of furan rings is 1. The molecule has 0 aliphatic heterocycles. The molecule has 0 radical (unpaired) electrons. The van der Waals surface area contributed by atoms with Crippen LogP contribution in [-0.2, 0) is 13.1 Å². The van der Waals surface area contributed by atoms with E-state index < -0.39 is 0 Å². The van der Waals surface area contributed by atoms with Crippen molar-refractivity contribution in [2.75, 3.05) is 19.7 Å². The molecule has 0 N–H and O–H groups in total. The molecule has 0 unspecified atom stereocenters. The minimum absolute atomic E-state index is 0.0985. The summed E-state index contributed by atoms with van der Waals surface area (Å²) in [4.78, 5) is 23.4. The standard InChI is InChI=1S/C27H26N4O3/c32-27-26-22(8-16-34-26)7-12-31(27)14-13-30(20-21-3-1-9-28-18-21)11-2-15-33-25-5-4-24-19-29-10-6-23(24)17-25/h1,3-10,12,16-19H,2,11,13-15,20H2. The van der Waals surface area contributed by atoms with E-state index >= 15 is 0 Å².